The fourth-order valence-electron chi connectivity index (χ4n) is 2.22. The number of hydrogen-bond acceptors (Lipinski definition) is 7. The summed E-state index contributed by atoms with van der Waals surface area (Å²) in [4.78, 5) is 24.3. The van der Waals surface area contributed by atoms with E-state index in [9.17, 15) is 4.79 Å². The predicted molar refractivity (Wildman–Crippen MR) is 72.2 cm³/mol. The Bertz CT molecular complexity index is 635. The maximum atomic E-state index is 12.0. The zero-order chi connectivity index (χ0) is 14.7. The van der Waals surface area contributed by atoms with E-state index in [0.717, 1.165) is 25.1 Å². The van der Waals surface area contributed by atoms with Crippen LogP contribution in [0.5, 0.6) is 0 Å². The van der Waals surface area contributed by atoms with Gasteiger partial charge in [0.15, 0.2) is 0 Å². The van der Waals surface area contributed by atoms with Gasteiger partial charge in [0.05, 0.1) is 18.3 Å². The minimum atomic E-state index is -0.376. The molecule has 3 rings (SSSR count). The second-order valence-corrected chi connectivity index (χ2v) is 4.88. The van der Waals surface area contributed by atoms with Crippen molar-refractivity contribution in [3.63, 3.8) is 0 Å². The third-order valence-corrected chi connectivity index (χ3v) is 3.27. The molecule has 0 aromatic carbocycles. The van der Waals surface area contributed by atoms with Crippen LogP contribution in [0.3, 0.4) is 0 Å². The van der Waals surface area contributed by atoms with Gasteiger partial charge < -0.3 is 15.2 Å². The van der Waals surface area contributed by atoms with Crippen LogP contribution in [0.2, 0.25) is 0 Å². The second kappa shape index (κ2) is 5.96. The van der Waals surface area contributed by atoms with E-state index in [1.165, 1.54) is 0 Å². The second-order valence-electron chi connectivity index (χ2n) is 4.88. The van der Waals surface area contributed by atoms with Gasteiger partial charge in [0.1, 0.15) is 5.82 Å². The molecule has 21 heavy (non-hydrogen) atoms. The Labute approximate surface area is 121 Å². The summed E-state index contributed by atoms with van der Waals surface area (Å²) in [5, 5.41) is 9.68. The first-order chi connectivity index (χ1) is 10.2. The van der Waals surface area contributed by atoms with Gasteiger partial charge in [0.2, 0.25) is 5.89 Å². The Morgan fingerprint density at radius 2 is 2.43 bits per heavy atom. The van der Waals surface area contributed by atoms with Crippen molar-refractivity contribution < 1.29 is 9.32 Å². The summed E-state index contributed by atoms with van der Waals surface area (Å²) in [7, 11) is 0. The van der Waals surface area contributed by atoms with Gasteiger partial charge >= 0.3 is 0 Å². The minimum absolute atomic E-state index is 0.0458. The highest BCUT2D eigenvalue weighted by molar-refractivity contribution is 5.90. The molecule has 0 spiro atoms. The summed E-state index contributed by atoms with van der Waals surface area (Å²) in [6.07, 6.45) is 3.67. The van der Waals surface area contributed by atoms with Crippen LogP contribution in [-0.2, 0) is 6.54 Å². The van der Waals surface area contributed by atoms with Gasteiger partial charge in [-0.25, -0.2) is 9.97 Å². The van der Waals surface area contributed by atoms with Gasteiger partial charge in [-0.3, -0.25) is 4.79 Å². The van der Waals surface area contributed by atoms with Crippen molar-refractivity contribution in [2.24, 2.45) is 0 Å². The fourth-order valence-corrected chi connectivity index (χ4v) is 2.22. The predicted octanol–water partition coefficient (Wildman–Crippen LogP) is 0.523. The Morgan fingerprint density at radius 1 is 1.52 bits per heavy atom. The molecule has 1 fully saturated rings. The van der Waals surface area contributed by atoms with E-state index in [4.69, 9.17) is 4.52 Å². The van der Waals surface area contributed by atoms with E-state index in [2.05, 4.69) is 30.7 Å². The van der Waals surface area contributed by atoms with E-state index in [1.54, 1.807) is 19.2 Å². The van der Waals surface area contributed by atoms with Crippen molar-refractivity contribution in [1.82, 2.24) is 30.7 Å². The summed E-state index contributed by atoms with van der Waals surface area (Å²) in [6, 6.07) is 1.81. The SMILES string of the molecule is Cc1nccc(CNC(=O)c2noc(C3CCCN3)n2)n1. The fraction of sp³-hybridized carbons (Fsp3) is 0.462. The maximum absolute atomic E-state index is 12.0. The third kappa shape index (κ3) is 3.22. The monoisotopic (exact) mass is 288 g/mol. The summed E-state index contributed by atoms with van der Waals surface area (Å²) in [5.41, 5.74) is 0.733. The van der Waals surface area contributed by atoms with Crippen LogP contribution in [0.4, 0.5) is 0 Å². The molecule has 110 valence electrons. The normalized spacial score (nSPS) is 17.9. The lowest BCUT2D eigenvalue weighted by Gasteiger charge is -2.02. The molecular weight excluding hydrogens is 272 g/mol. The first-order valence-electron chi connectivity index (χ1n) is 6.86. The van der Waals surface area contributed by atoms with Crippen molar-refractivity contribution in [1.29, 1.82) is 0 Å². The lowest BCUT2D eigenvalue weighted by molar-refractivity contribution is 0.0937. The topological polar surface area (TPSA) is 106 Å². The highest BCUT2D eigenvalue weighted by Crippen LogP contribution is 2.20. The average Bonchev–Trinajstić information content (AvgIpc) is 3.15. The summed E-state index contributed by atoms with van der Waals surface area (Å²) in [6.45, 7) is 3.03. The molecule has 8 nitrogen and oxygen atoms in total. The van der Waals surface area contributed by atoms with Gasteiger partial charge in [-0.15, -0.1) is 0 Å². The maximum Gasteiger partial charge on any atom is 0.293 e. The van der Waals surface area contributed by atoms with E-state index in [1.807, 2.05) is 0 Å². The van der Waals surface area contributed by atoms with Crippen molar-refractivity contribution in [3.8, 4) is 0 Å². The highest BCUT2D eigenvalue weighted by atomic mass is 16.5. The molecular formula is C13H16N6O2. The standard InChI is InChI=1S/C13H16N6O2/c1-8-14-6-4-9(17-8)7-16-12(20)11-18-13(21-19-11)10-3-2-5-15-10/h4,6,10,15H,2-3,5,7H2,1H3,(H,16,20). The Balaban J connectivity index is 1.60. The molecule has 1 unspecified atom stereocenters. The molecule has 2 aromatic rings. The number of hydrogen-bond donors (Lipinski definition) is 2. The van der Waals surface area contributed by atoms with E-state index in [0.29, 0.717) is 18.3 Å². The average molecular weight is 288 g/mol. The number of carbonyl (C=O) groups is 1. The number of carbonyl (C=O) groups excluding carboxylic acids is 1. The van der Waals surface area contributed by atoms with Crippen LogP contribution in [0.1, 0.15) is 46.9 Å². The van der Waals surface area contributed by atoms with Gasteiger partial charge in [-0.1, -0.05) is 5.16 Å². The molecule has 1 aliphatic heterocycles. The van der Waals surface area contributed by atoms with E-state index in [-0.39, 0.29) is 17.8 Å². The smallest absolute Gasteiger partial charge is 0.293 e. The van der Waals surface area contributed by atoms with Crippen LogP contribution >= 0.6 is 0 Å². The number of nitrogens with zero attached hydrogens (tertiary/aromatic N) is 4. The van der Waals surface area contributed by atoms with Gasteiger partial charge in [0.25, 0.3) is 11.7 Å². The van der Waals surface area contributed by atoms with Crippen molar-refractivity contribution in [2.45, 2.75) is 32.4 Å². The van der Waals surface area contributed by atoms with Crippen LogP contribution < -0.4 is 10.6 Å². The Morgan fingerprint density at radius 3 is 3.19 bits per heavy atom. The summed E-state index contributed by atoms with van der Waals surface area (Å²) >= 11 is 0. The quantitative estimate of drug-likeness (QED) is 0.844. The van der Waals surface area contributed by atoms with Gasteiger partial charge in [0, 0.05) is 6.20 Å². The van der Waals surface area contributed by atoms with E-state index >= 15 is 0 Å². The molecule has 0 saturated carbocycles. The van der Waals surface area contributed by atoms with Crippen molar-refractivity contribution in [2.75, 3.05) is 6.54 Å². The summed E-state index contributed by atoms with van der Waals surface area (Å²) < 4.78 is 5.13. The van der Waals surface area contributed by atoms with Gasteiger partial charge in [-0.05, 0) is 32.4 Å². The number of nitrogens with one attached hydrogen (secondary N) is 2. The minimum Gasteiger partial charge on any atom is -0.344 e. The van der Waals surface area contributed by atoms with Crippen LogP contribution in [0.25, 0.3) is 0 Å². The molecule has 0 bridgehead atoms. The van der Waals surface area contributed by atoms with E-state index < -0.39 is 0 Å². The van der Waals surface area contributed by atoms with Crippen LogP contribution in [0, 0.1) is 6.92 Å². The lowest BCUT2D eigenvalue weighted by Crippen LogP contribution is -2.24. The molecule has 1 saturated heterocycles. The van der Waals surface area contributed by atoms with Crippen LogP contribution in [-0.4, -0.2) is 32.6 Å². The molecule has 0 aliphatic carbocycles. The molecule has 1 atom stereocenters. The molecule has 8 heteroatoms. The van der Waals surface area contributed by atoms with Gasteiger partial charge in [-0.2, -0.15) is 4.98 Å². The molecule has 2 aromatic heterocycles. The molecule has 1 aliphatic rings. The summed E-state index contributed by atoms with van der Waals surface area (Å²) in [5.74, 6) is 0.801. The largest absolute Gasteiger partial charge is 0.344 e. The van der Waals surface area contributed by atoms with Crippen LogP contribution in [0.15, 0.2) is 16.8 Å². The highest BCUT2D eigenvalue weighted by Gasteiger charge is 2.24. The third-order valence-electron chi connectivity index (χ3n) is 3.27. The van der Waals surface area contributed by atoms with Crippen molar-refractivity contribution in [3.05, 3.63) is 35.5 Å². The first kappa shape index (κ1) is 13.6. The molecule has 1 amide bonds. The number of aryl methyl sites for hydroxylation is 1. The Hall–Kier alpha value is -2.35. The van der Waals surface area contributed by atoms with Crippen molar-refractivity contribution >= 4 is 5.91 Å². The molecule has 2 N–H and O–H groups in total. The number of aromatic nitrogens is 4. The Kier molecular flexibility index (Phi) is 3.87. The molecule has 3 heterocycles. The number of amides is 1. The molecule has 0 radical (unpaired) electrons. The lowest BCUT2D eigenvalue weighted by atomic mass is 10.2. The zero-order valence-corrected chi connectivity index (χ0v) is 11.7. The zero-order valence-electron chi connectivity index (χ0n) is 11.7. The number of rotatable bonds is 4. The first-order valence-corrected chi connectivity index (χ1v) is 6.86.